The molecule has 10 heteroatoms. The topological polar surface area (TPSA) is 116 Å². The Hall–Kier alpha value is -3.53. The predicted molar refractivity (Wildman–Crippen MR) is 112 cm³/mol. The number of non-ortho nitro benzene ring substituents is 1. The van der Waals surface area contributed by atoms with Crippen LogP contribution in [0.15, 0.2) is 59.2 Å². The number of ether oxygens (including phenoxy) is 1. The number of nitrogens with one attached hydrogen (secondary N) is 1. The third-order valence-electron chi connectivity index (χ3n) is 4.08. The third-order valence-corrected chi connectivity index (χ3v) is 4.57. The van der Waals surface area contributed by atoms with Gasteiger partial charge in [-0.3, -0.25) is 14.9 Å². The van der Waals surface area contributed by atoms with Crippen LogP contribution < -0.4 is 5.32 Å². The standard InChI is InChI=1S/C20H17BrN4O5/c1-2-30-20(27)15-9-14(10-17(11-15)25(28)29)19(26)23-18-6-7-22-24(18)12-13-4-3-5-16(21)8-13/h3-11H,2,12H2,1H3,(H,23,26). The van der Waals surface area contributed by atoms with E-state index in [1.54, 1.807) is 17.7 Å². The van der Waals surface area contributed by atoms with Crippen LogP contribution in [0.5, 0.6) is 0 Å². The number of anilines is 1. The first-order valence-corrected chi connectivity index (χ1v) is 9.71. The molecule has 154 valence electrons. The van der Waals surface area contributed by atoms with E-state index in [0.29, 0.717) is 12.4 Å². The fraction of sp³-hybridized carbons (Fsp3) is 0.150. The van der Waals surface area contributed by atoms with Gasteiger partial charge in [0.1, 0.15) is 5.82 Å². The van der Waals surface area contributed by atoms with Crippen LogP contribution >= 0.6 is 15.9 Å². The summed E-state index contributed by atoms with van der Waals surface area (Å²) >= 11 is 3.41. The van der Waals surface area contributed by atoms with Gasteiger partial charge in [-0.2, -0.15) is 5.10 Å². The van der Waals surface area contributed by atoms with Gasteiger partial charge in [0.2, 0.25) is 0 Å². The summed E-state index contributed by atoms with van der Waals surface area (Å²) in [7, 11) is 0. The number of nitro groups is 1. The zero-order valence-electron chi connectivity index (χ0n) is 15.9. The Kier molecular flexibility index (Phi) is 6.58. The molecule has 0 aliphatic rings. The molecule has 3 rings (SSSR count). The fourth-order valence-corrected chi connectivity index (χ4v) is 3.19. The Morgan fingerprint density at radius 3 is 2.67 bits per heavy atom. The smallest absolute Gasteiger partial charge is 0.338 e. The molecular formula is C20H17BrN4O5. The van der Waals surface area contributed by atoms with Gasteiger partial charge in [-0.25, -0.2) is 9.48 Å². The summed E-state index contributed by atoms with van der Waals surface area (Å²) in [6.45, 7) is 2.14. The molecule has 0 saturated carbocycles. The molecule has 1 N–H and O–H groups in total. The molecule has 0 spiro atoms. The maximum absolute atomic E-state index is 12.7. The summed E-state index contributed by atoms with van der Waals surface area (Å²) < 4.78 is 7.39. The molecule has 0 aliphatic carbocycles. The first-order chi connectivity index (χ1) is 14.4. The van der Waals surface area contributed by atoms with Crippen molar-refractivity contribution in [3.63, 3.8) is 0 Å². The first kappa shape index (κ1) is 21.2. The maximum Gasteiger partial charge on any atom is 0.338 e. The molecule has 2 aromatic carbocycles. The molecule has 0 unspecified atom stereocenters. The lowest BCUT2D eigenvalue weighted by Crippen LogP contribution is -2.17. The predicted octanol–water partition coefficient (Wildman–Crippen LogP) is 4.03. The molecule has 0 saturated heterocycles. The van der Waals surface area contributed by atoms with Crippen molar-refractivity contribution in [2.75, 3.05) is 11.9 Å². The Balaban J connectivity index is 1.85. The highest BCUT2D eigenvalue weighted by Crippen LogP contribution is 2.20. The summed E-state index contributed by atoms with van der Waals surface area (Å²) in [6.07, 6.45) is 1.53. The second kappa shape index (κ2) is 9.31. The molecule has 1 amide bonds. The first-order valence-electron chi connectivity index (χ1n) is 8.91. The summed E-state index contributed by atoms with van der Waals surface area (Å²) in [5.74, 6) is -0.945. The lowest BCUT2D eigenvalue weighted by atomic mass is 10.1. The van der Waals surface area contributed by atoms with Crippen LogP contribution in [-0.2, 0) is 11.3 Å². The van der Waals surface area contributed by atoms with E-state index >= 15 is 0 Å². The number of amides is 1. The SMILES string of the molecule is CCOC(=O)c1cc(C(=O)Nc2ccnn2Cc2cccc(Br)c2)cc([N+](=O)[O-])c1. The van der Waals surface area contributed by atoms with E-state index in [-0.39, 0.29) is 23.4 Å². The number of hydrogen-bond acceptors (Lipinski definition) is 6. The van der Waals surface area contributed by atoms with Crippen LogP contribution in [0.25, 0.3) is 0 Å². The number of nitro benzene ring substituents is 1. The van der Waals surface area contributed by atoms with E-state index in [1.807, 2.05) is 24.3 Å². The second-order valence-corrected chi connectivity index (χ2v) is 7.12. The molecule has 0 aliphatic heterocycles. The van der Waals surface area contributed by atoms with Gasteiger partial charge in [0.25, 0.3) is 11.6 Å². The Morgan fingerprint density at radius 1 is 1.20 bits per heavy atom. The molecule has 0 atom stereocenters. The van der Waals surface area contributed by atoms with Crippen molar-refractivity contribution in [1.82, 2.24) is 9.78 Å². The minimum absolute atomic E-state index is 0.0394. The van der Waals surface area contributed by atoms with Crippen molar-refractivity contribution in [3.8, 4) is 0 Å². The van der Waals surface area contributed by atoms with E-state index in [9.17, 15) is 19.7 Å². The van der Waals surface area contributed by atoms with Crippen LogP contribution in [0.1, 0.15) is 33.2 Å². The number of carbonyl (C=O) groups excluding carboxylic acids is 2. The maximum atomic E-state index is 12.7. The van der Waals surface area contributed by atoms with Gasteiger partial charge in [0, 0.05) is 28.2 Å². The van der Waals surface area contributed by atoms with Gasteiger partial charge < -0.3 is 10.1 Å². The molecule has 1 aromatic heterocycles. The number of halogens is 1. The van der Waals surface area contributed by atoms with Gasteiger partial charge in [0.05, 0.1) is 29.8 Å². The van der Waals surface area contributed by atoms with Crippen molar-refractivity contribution in [2.45, 2.75) is 13.5 Å². The van der Waals surface area contributed by atoms with E-state index in [0.717, 1.165) is 22.2 Å². The molecule has 9 nitrogen and oxygen atoms in total. The van der Waals surface area contributed by atoms with Crippen molar-refractivity contribution in [3.05, 3.63) is 86.0 Å². The minimum atomic E-state index is -0.741. The van der Waals surface area contributed by atoms with Crippen LogP contribution in [0.3, 0.4) is 0 Å². The molecule has 0 bridgehead atoms. The highest BCUT2D eigenvalue weighted by atomic mass is 79.9. The summed E-state index contributed by atoms with van der Waals surface area (Å²) in [5, 5.41) is 18.1. The van der Waals surface area contributed by atoms with Crippen molar-refractivity contribution in [2.24, 2.45) is 0 Å². The fourth-order valence-electron chi connectivity index (χ4n) is 2.74. The Bertz CT molecular complexity index is 1110. The van der Waals surface area contributed by atoms with Crippen LogP contribution in [0, 0.1) is 10.1 Å². The Labute approximate surface area is 179 Å². The largest absolute Gasteiger partial charge is 0.462 e. The third kappa shape index (κ3) is 5.09. The number of benzene rings is 2. The zero-order valence-corrected chi connectivity index (χ0v) is 17.5. The monoisotopic (exact) mass is 472 g/mol. The van der Waals surface area contributed by atoms with Gasteiger partial charge in [-0.05, 0) is 30.7 Å². The molecule has 30 heavy (non-hydrogen) atoms. The molecule has 1 heterocycles. The van der Waals surface area contributed by atoms with Gasteiger partial charge >= 0.3 is 5.97 Å². The minimum Gasteiger partial charge on any atom is -0.462 e. The number of esters is 1. The van der Waals surface area contributed by atoms with Crippen LogP contribution in [0.4, 0.5) is 11.5 Å². The van der Waals surface area contributed by atoms with E-state index in [1.165, 1.54) is 12.3 Å². The lowest BCUT2D eigenvalue weighted by molar-refractivity contribution is -0.384. The van der Waals surface area contributed by atoms with E-state index in [2.05, 4.69) is 26.3 Å². The van der Waals surface area contributed by atoms with Gasteiger partial charge in [0.15, 0.2) is 0 Å². The average Bonchev–Trinajstić information content (AvgIpc) is 3.14. The van der Waals surface area contributed by atoms with E-state index in [4.69, 9.17) is 4.74 Å². The molecule has 0 fully saturated rings. The Morgan fingerprint density at radius 2 is 1.97 bits per heavy atom. The number of rotatable bonds is 7. The highest BCUT2D eigenvalue weighted by Gasteiger charge is 2.19. The summed E-state index contributed by atoms with van der Waals surface area (Å²) in [5.41, 5.74) is 0.471. The van der Waals surface area contributed by atoms with Crippen LogP contribution in [0.2, 0.25) is 0 Å². The summed E-state index contributed by atoms with van der Waals surface area (Å²) in [6, 6.07) is 12.7. The molecule has 3 aromatic rings. The zero-order chi connectivity index (χ0) is 21.7. The number of aromatic nitrogens is 2. The molecular weight excluding hydrogens is 456 g/mol. The second-order valence-electron chi connectivity index (χ2n) is 6.20. The number of hydrogen-bond donors (Lipinski definition) is 1. The summed E-state index contributed by atoms with van der Waals surface area (Å²) in [4.78, 5) is 35.3. The van der Waals surface area contributed by atoms with E-state index < -0.39 is 16.8 Å². The number of carbonyl (C=O) groups is 2. The van der Waals surface area contributed by atoms with Crippen molar-refractivity contribution < 1.29 is 19.2 Å². The van der Waals surface area contributed by atoms with Crippen molar-refractivity contribution >= 4 is 39.3 Å². The lowest BCUT2D eigenvalue weighted by Gasteiger charge is -2.10. The van der Waals surface area contributed by atoms with Crippen LogP contribution in [-0.4, -0.2) is 33.2 Å². The quantitative estimate of drug-likeness (QED) is 0.315. The van der Waals surface area contributed by atoms with Gasteiger partial charge in [-0.1, -0.05) is 28.1 Å². The number of nitrogens with zero attached hydrogens (tertiary/aromatic N) is 3. The van der Waals surface area contributed by atoms with Crippen molar-refractivity contribution in [1.29, 1.82) is 0 Å². The highest BCUT2D eigenvalue weighted by molar-refractivity contribution is 9.10. The molecule has 0 radical (unpaired) electrons. The average molecular weight is 473 g/mol. The van der Waals surface area contributed by atoms with Gasteiger partial charge in [-0.15, -0.1) is 0 Å². The normalized spacial score (nSPS) is 10.5.